The third-order valence-corrected chi connectivity index (χ3v) is 3.00. The molecule has 1 amide bonds. The summed E-state index contributed by atoms with van der Waals surface area (Å²) in [5.74, 6) is -0.805. The van der Waals surface area contributed by atoms with Crippen molar-refractivity contribution in [2.45, 2.75) is 25.3 Å². The Morgan fingerprint density at radius 2 is 2.18 bits per heavy atom. The second-order valence-corrected chi connectivity index (χ2v) is 4.50. The average Bonchev–Trinajstić information content (AvgIpc) is 2.30. The standard InChI is InChI=1S/C12H15FN2O2/c1-12(4-6-17-7-5-12)15-11(16)9-2-3-10(13)14-8-9/h2-3,8H,4-7H2,1H3,(H,15,16). The molecule has 1 N–H and O–H groups in total. The summed E-state index contributed by atoms with van der Waals surface area (Å²) in [4.78, 5) is 15.4. The van der Waals surface area contributed by atoms with Gasteiger partial charge in [0.2, 0.25) is 5.95 Å². The first kappa shape index (κ1) is 12.0. The second kappa shape index (κ2) is 4.79. The minimum absolute atomic E-state index is 0.220. The Kier molecular flexibility index (Phi) is 3.38. The second-order valence-electron chi connectivity index (χ2n) is 4.50. The fraction of sp³-hybridized carbons (Fsp3) is 0.500. The number of amides is 1. The number of carbonyl (C=O) groups excluding carboxylic acids is 1. The summed E-state index contributed by atoms with van der Waals surface area (Å²) in [6.07, 6.45) is 2.81. The van der Waals surface area contributed by atoms with Crippen LogP contribution in [0.3, 0.4) is 0 Å². The van der Waals surface area contributed by atoms with Crippen LogP contribution in [0.5, 0.6) is 0 Å². The molecule has 5 heteroatoms. The van der Waals surface area contributed by atoms with Gasteiger partial charge in [-0.15, -0.1) is 0 Å². The highest BCUT2D eigenvalue weighted by Crippen LogP contribution is 2.20. The van der Waals surface area contributed by atoms with Gasteiger partial charge < -0.3 is 10.1 Å². The minimum atomic E-state index is -0.584. The first-order valence-corrected chi connectivity index (χ1v) is 5.61. The molecule has 0 atom stereocenters. The predicted octanol–water partition coefficient (Wildman–Crippen LogP) is 1.52. The van der Waals surface area contributed by atoms with Gasteiger partial charge in [-0.2, -0.15) is 4.39 Å². The average molecular weight is 238 g/mol. The molecule has 2 rings (SSSR count). The molecule has 0 unspecified atom stereocenters. The third-order valence-electron chi connectivity index (χ3n) is 3.00. The van der Waals surface area contributed by atoms with Crippen molar-refractivity contribution in [3.63, 3.8) is 0 Å². The van der Waals surface area contributed by atoms with Gasteiger partial charge in [-0.1, -0.05) is 0 Å². The predicted molar refractivity (Wildman–Crippen MR) is 60.1 cm³/mol. The van der Waals surface area contributed by atoms with E-state index in [2.05, 4.69) is 10.3 Å². The fourth-order valence-corrected chi connectivity index (χ4v) is 1.80. The molecule has 0 aromatic carbocycles. The third kappa shape index (κ3) is 3.00. The van der Waals surface area contributed by atoms with Crippen molar-refractivity contribution >= 4 is 5.91 Å². The van der Waals surface area contributed by atoms with Crippen LogP contribution in [0.2, 0.25) is 0 Å². The van der Waals surface area contributed by atoms with Gasteiger partial charge >= 0.3 is 0 Å². The van der Waals surface area contributed by atoms with Gasteiger partial charge in [-0.25, -0.2) is 4.98 Å². The SMILES string of the molecule is CC1(NC(=O)c2ccc(F)nc2)CCOCC1. The van der Waals surface area contributed by atoms with Crippen LogP contribution >= 0.6 is 0 Å². The highest BCUT2D eigenvalue weighted by Gasteiger charge is 2.29. The summed E-state index contributed by atoms with van der Waals surface area (Å²) in [6, 6.07) is 2.61. The van der Waals surface area contributed by atoms with Crippen LogP contribution in [-0.4, -0.2) is 29.6 Å². The van der Waals surface area contributed by atoms with E-state index in [0.717, 1.165) is 12.8 Å². The summed E-state index contributed by atoms with van der Waals surface area (Å²) < 4.78 is 17.9. The normalized spacial score (nSPS) is 18.7. The number of ether oxygens (including phenoxy) is 1. The highest BCUT2D eigenvalue weighted by molar-refractivity contribution is 5.94. The summed E-state index contributed by atoms with van der Waals surface area (Å²) in [5.41, 5.74) is 0.128. The molecular formula is C12H15FN2O2. The van der Waals surface area contributed by atoms with Crippen LogP contribution in [0.4, 0.5) is 4.39 Å². The fourth-order valence-electron chi connectivity index (χ4n) is 1.80. The number of halogens is 1. The van der Waals surface area contributed by atoms with E-state index in [1.165, 1.54) is 18.3 Å². The Morgan fingerprint density at radius 3 is 2.76 bits per heavy atom. The van der Waals surface area contributed by atoms with E-state index < -0.39 is 5.95 Å². The first-order valence-electron chi connectivity index (χ1n) is 5.61. The molecule has 17 heavy (non-hydrogen) atoms. The monoisotopic (exact) mass is 238 g/mol. The number of pyridine rings is 1. The number of nitrogens with zero attached hydrogens (tertiary/aromatic N) is 1. The summed E-state index contributed by atoms with van der Waals surface area (Å²) >= 11 is 0. The van der Waals surface area contributed by atoms with E-state index in [1.807, 2.05) is 6.92 Å². The van der Waals surface area contributed by atoms with E-state index in [9.17, 15) is 9.18 Å². The van der Waals surface area contributed by atoms with Crippen LogP contribution in [0.15, 0.2) is 18.3 Å². The molecular weight excluding hydrogens is 223 g/mol. The largest absolute Gasteiger partial charge is 0.381 e. The van der Waals surface area contributed by atoms with Gasteiger partial charge in [-0.3, -0.25) is 4.79 Å². The van der Waals surface area contributed by atoms with Crippen LogP contribution in [0.25, 0.3) is 0 Å². The zero-order valence-electron chi connectivity index (χ0n) is 9.70. The number of nitrogens with one attached hydrogen (secondary N) is 1. The Morgan fingerprint density at radius 1 is 1.47 bits per heavy atom. The Hall–Kier alpha value is -1.49. The lowest BCUT2D eigenvalue weighted by atomic mass is 9.92. The molecule has 0 radical (unpaired) electrons. The smallest absolute Gasteiger partial charge is 0.253 e. The maximum Gasteiger partial charge on any atom is 0.253 e. The summed E-state index contributed by atoms with van der Waals surface area (Å²) in [7, 11) is 0. The molecule has 0 spiro atoms. The minimum Gasteiger partial charge on any atom is -0.381 e. The van der Waals surface area contributed by atoms with Crippen LogP contribution in [0.1, 0.15) is 30.1 Å². The van der Waals surface area contributed by atoms with E-state index >= 15 is 0 Å². The molecule has 1 aliphatic rings. The molecule has 1 aromatic rings. The summed E-state index contributed by atoms with van der Waals surface area (Å²) in [6.45, 7) is 3.29. The number of hydrogen-bond acceptors (Lipinski definition) is 3. The van der Waals surface area contributed by atoms with E-state index in [4.69, 9.17) is 4.74 Å². The van der Waals surface area contributed by atoms with Gasteiger partial charge in [0.25, 0.3) is 5.91 Å². The first-order chi connectivity index (χ1) is 8.09. The lowest BCUT2D eigenvalue weighted by Crippen LogP contribution is -2.49. The molecule has 0 aliphatic carbocycles. The van der Waals surface area contributed by atoms with Gasteiger partial charge in [0.05, 0.1) is 5.56 Å². The van der Waals surface area contributed by atoms with Crippen molar-refractivity contribution in [2.24, 2.45) is 0 Å². The highest BCUT2D eigenvalue weighted by atomic mass is 19.1. The van der Waals surface area contributed by atoms with Crippen molar-refractivity contribution in [3.05, 3.63) is 29.8 Å². The van der Waals surface area contributed by atoms with Crippen molar-refractivity contribution in [3.8, 4) is 0 Å². The lowest BCUT2D eigenvalue weighted by Gasteiger charge is -2.34. The van der Waals surface area contributed by atoms with Gasteiger partial charge in [0.1, 0.15) is 0 Å². The topological polar surface area (TPSA) is 51.2 Å². The van der Waals surface area contributed by atoms with E-state index in [1.54, 1.807) is 0 Å². The lowest BCUT2D eigenvalue weighted by molar-refractivity contribution is 0.0422. The maximum atomic E-state index is 12.6. The number of aromatic nitrogens is 1. The maximum absolute atomic E-state index is 12.6. The Balaban J connectivity index is 2.03. The molecule has 0 saturated carbocycles. The summed E-state index contributed by atoms with van der Waals surface area (Å²) in [5, 5.41) is 2.95. The molecule has 0 bridgehead atoms. The van der Waals surface area contributed by atoms with Gasteiger partial charge in [-0.05, 0) is 31.9 Å². The number of rotatable bonds is 2. The number of carbonyl (C=O) groups is 1. The molecule has 2 heterocycles. The molecule has 1 aliphatic heterocycles. The van der Waals surface area contributed by atoms with Crippen LogP contribution < -0.4 is 5.32 Å². The Bertz CT molecular complexity index is 399. The van der Waals surface area contributed by atoms with Crippen molar-refractivity contribution in [2.75, 3.05) is 13.2 Å². The van der Waals surface area contributed by atoms with Gasteiger partial charge in [0, 0.05) is 24.9 Å². The zero-order chi connectivity index (χ0) is 12.3. The number of hydrogen-bond donors (Lipinski definition) is 1. The molecule has 1 fully saturated rings. The van der Waals surface area contributed by atoms with Crippen molar-refractivity contribution < 1.29 is 13.9 Å². The molecule has 1 aromatic heterocycles. The molecule has 92 valence electrons. The van der Waals surface area contributed by atoms with E-state index in [-0.39, 0.29) is 11.4 Å². The van der Waals surface area contributed by atoms with Gasteiger partial charge in [0.15, 0.2) is 0 Å². The van der Waals surface area contributed by atoms with Crippen LogP contribution in [-0.2, 0) is 4.74 Å². The quantitative estimate of drug-likeness (QED) is 0.795. The van der Waals surface area contributed by atoms with E-state index in [0.29, 0.717) is 18.8 Å². The van der Waals surface area contributed by atoms with Crippen LogP contribution in [0, 0.1) is 5.95 Å². The van der Waals surface area contributed by atoms with Crippen molar-refractivity contribution in [1.82, 2.24) is 10.3 Å². The Labute approximate surface area is 99.2 Å². The molecule has 4 nitrogen and oxygen atoms in total. The molecule has 1 saturated heterocycles. The van der Waals surface area contributed by atoms with Crippen molar-refractivity contribution in [1.29, 1.82) is 0 Å². The zero-order valence-corrected chi connectivity index (χ0v) is 9.70.